The molecule has 1 aliphatic rings. The van der Waals surface area contributed by atoms with E-state index < -0.39 is 0 Å². The highest BCUT2D eigenvalue weighted by atomic mass is 19.1. The monoisotopic (exact) mass is 270 g/mol. The SMILES string of the molecule is CN(Cc1ccccc1F)Cc1cccc2c1NCC2. The zero-order chi connectivity index (χ0) is 13.9. The smallest absolute Gasteiger partial charge is 0.127 e. The maximum atomic E-state index is 13.7. The molecular formula is C17H19FN2. The van der Waals surface area contributed by atoms with Crippen molar-refractivity contribution in [1.29, 1.82) is 0 Å². The van der Waals surface area contributed by atoms with Crippen LogP contribution in [0.3, 0.4) is 0 Å². The molecule has 2 aromatic carbocycles. The van der Waals surface area contributed by atoms with Crippen LogP contribution in [-0.4, -0.2) is 18.5 Å². The molecule has 0 spiro atoms. The Balaban J connectivity index is 1.72. The number of nitrogens with one attached hydrogen (secondary N) is 1. The third kappa shape index (κ3) is 2.68. The van der Waals surface area contributed by atoms with Gasteiger partial charge in [0.25, 0.3) is 0 Å². The van der Waals surface area contributed by atoms with Gasteiger partial charge in [-0.25, -0.2) is 4.39 Å². The Kier molecular flexibility index (Phi) is 3.70. The second kappa shape index (κ2) is 5.63. The van der Waals surface area contributed by atoms with Crippen LogP contribution in [0.15, 0.2) is 42.5 Å². The van der Waals surface area contributed by atoms with Crippen LogP contribution in [-0.2, 0) is 19.5 Å². The lowest BCUT2D eigenvalue weighted by Crippen LogP contribution is -2.18. The molecule has 20 heavy (non-hydrogen) atoms. The summed E-state index contributed by atoms with van der Waals surface area (Å²) in [5.41, 5.74) is 4.70. The molecule has 0 atom stereocenters. The Morgan fingerprint density at radius 1 is 1.05 bits per heavy atom. The van der Waals surface area contributed by atoms with Crippen LogP contribution in [0.5, 0.6) is 0 Å². The molecule has 0 bridgehead atoms. The van der Waals surface area contributed by atoms with Crippen molar-refractivity contribution in [2.24, 2.45) is 0 Å². The molecular weight excluding hydrogens is 251 g/mol. The molecule has 1 heterocycles. The lowest BCUT2D eigenvalue weighted by Gasteiger charge is -2.19. The lowest BCUT2D eigenvalue weighted by molar-refractivity contribution is 0.314. The van der Waals surface area contributed by atoms with Crippen molar-refractivity contribution in [3.05, 3.63) is 65.0 Å². The molecule has 0 fully saturated rings. The Morgan fingerprint density at radius 2 is 1.80 bits per heavy atom. The number of para-hydroxylation sites is 1. The first-order valence-corrected chi connectivity index (χ1v) is 7.00. The van der Waals surface area contributed by atoms with Crippen LogP contribution in [0.4, 0.5) is 10.1 Å². The van der Waals surface area contributed by atoms with Crippen LogP contribution >= 0.6 is 0 Å². The number of fused-ring (bicyclic) bond motifs is 1. The van der Waals surface area contributed by atoms with Crippen LogP contribution in [0, 0.1) is 5.82 Å². The average molecular weight is 270 g/mol. The van der Waals surface area contributed by atoms with Crippen molar-refractivity contribution < 1.29 is 4.39 Å². The molecule has 104 valence electrons. The molecule has 2 aromatic rings. The summed E-state index contributed by atoms with van der Waals surface area (Å²) in [6.07, 6.45) is 1.10. The Labute approximate surface area is 119 Å². The minimum absolute atomic E-state index is 0.129. The van der Waals surface area contributed by atoms with Gasteiger partial charge in [-0.05, 0) is 30.7 Å². The molecule has 1 aliphatic heterocycles. The fraction of sp³-hybridized carbons (Fsp3) is 0.294. The highest BCUT2D eigenvalue weighted by molar-refractivity contribution is 5.61. The Morgan fingerprint density at radius 3 is 2.65 bits per heavy atom. The average Bonchev–Trinajstić information content (AvgIpc) is 2.91. The van der Waals surface area contributed by atoms with E-state index >= 15 is 0 Å². The van der Waals surface area contributed by atoms with Gasteiger partial charge in [0, 0.05) is 30.9 Å². The molecule has 2 nitrogen and oxygen atoms in total. The normalized spacial score (nSPS) is 13.3. The number of rotatable bonds is 4. The third-order valence-corrected chi connectivity index (χ3v) is 3.77. The first kappa shape index (κ1) is 13.1. The minimum atomic E-state index is -0.129. The van der Waals surface area contributed by atoms with E-state index in [1.54, 1.807) is 6.07 Å². The number of anilines is 1. The van der Waals surface area contributed by atoms with Gasteiger partial charge >= 0.3 is 0 Å². The molecule has 0 saturated carbocycles. The van der Waals surface area contributed by atoms with E-state index in [1.165, 1.54) is 22.9 Å². The summed E-state index contributed by atoms with van der Waals surface area (Å²) in [7, 11) is 2.03. The Hall–Kier alpha value is -1.87. The van der Waals surface area contributed by atoms with Crippen molar-refractivity contribution in [1.82, 2.24) is 4.90 Å². The summed E-state index contributed by atoms with van der Waals surface area (Å²) in [5, 5.41) is 3.45. The van der Waals surface area contributed by atoms with Gasteiger partial charge in [0.2, 0.25) is 0 Å². The van der Waals surface area contributed by atoms with E-state index in [0.29, 0.717) is 6.54 Å². The maximum Gasteiger partial charge on any atom is 0.127 e. The van der Waals surface area contributed by atoms with Crippen molar-refractivity contribution in [2.75, 3.05) is 18.9 Å². The maximum absolute atomic E-state index is 13.7. The van der Waals surface area contributed by atoms with Crippen LogP contribution in [0.1, 0.15) is 16.7 Å². The zero-order valence-electron chi connectivity index (χ0n) is 11.7. The summed E-state index contributed by atoms with van der Waals surface area (Å²) in [6.45, 7) is 2.46. The van der Waals surface area contributed by atoms with Gasteiger partial charge < -0.3 is 5.32 Å². The molecule has 0 aliphatic carbocycles. The number of nitrogens with zero attached hydrogens (tertiary/aromatic N) is 1. The van der Waals surface area contributed by atoms with Gasteiger partial charge in [0.15, 0.2) is 0 Å². The lowest BCUT2D eigenvalue weighted by atomic mass is 10.1. The zero-order valence-corrected chi connectivity index (χ0v) is 11.7. The quantitative estimate of drug-likeness (QED) is 0.915. The fourth-order valence-electron chi connectivity index (χ4n) is 2.81. The van der Waals surface area contributed by atoms with Crippen molar-refractivity contribution in [3.8, 4) is 0 Å². The largest absolute Gasteiger partial charge is 0.384 e. The first-order valence-electron chi connectivity index (χ1n) is 7.00. The van der Waals surface area contributed by atoms with Crippen LogP contribution in [0.2, 0.25) is 0 Å². The van der Waals surface area contributed by atoms with E-state index in [4.69, 9.17) is 0 Å². The van der Waals surface area contributed by atoms with E-state index in [-0.39, 0.29) is 5.82 Å². The standard InChI is InChI=1S/C17H19FN2/c1-20(11-14-5-2-3-8-16(14)18)12-15-7-4-6-13-9-10-19-17(13)15/h2-8,19H,9-12H2,1H3. The molecule has 1 N–H and O–H groups in total. The number of halogens is 1. The van der Waals surface area contributed by atoms with Gasteiger partial charge in [0.1, 0.15) is 5.82 Å². The van der Waals surface area contributed by atoms with Crippen LogP contribution < -0.4 is 5.32 Å². The second-order valence-corrected chi connectivity index (χ2v) is 5.39. The van der Waals surface area contributed by atoms with Gasteiger partial charge in [-0.2, -0.15) is 0 Å². The molecule has 3 rings (SSSR count). The molecule has 0 saturated heterocycles. The number of hydrogen-bond acceptors (Lipinski definition) is 2. The summed E-state index contributed by atoms with van der Waals surface area (Å²) < 4.78 is 13.7. The van der Waals surface area contributed by atoms with E-state index in [9.17, 15) is 4.39 Å². The summed E-state index contributed by atoms with van der Waals surface area (Å²) in [4.78, 5) is 2.15. The van der Waals surface area contributed by atoms with E-state index in [0.717, 1.165) is 25.1 Å². The molecule has 0 amide bonds. The summed E-state index contributed by atoms with van der Waals surface area (Å²) >= 11 is 0. The Bertz CT molecular complexity index is 610. The minimum Gasteiger partial charge on any atom is -0.384 e. The predicted octanol–water partition coefficient (Wildman–Crippen LogP) is 3.43. The first-order chi connectivity index (χ1) is 9.74. The number of benzene rings is 2. The van der Waals surface area contributed by atoms with Crippen molar-refractivity contribution in [3.63, 3.8) is 0 Å². The highest BCUT2D eigenvalue weighted by Crippen LogP contribution is 2.27. The van der Waals surface area contributed by atoms with Crippen molar-refractivity contribution >= 4 is 5.69 Å². The second-order valence-electron chi connectivity index (χ2n) is 5.39. The third-order valence-electron chi connectivity index (χ3n) is 3.77. The molecule has 0 unspecified atom stereocenters. The fourth-order valence-corrected chi connectivity index (χ4v) is 2.81. The van der Waals surface area contributed by atoms with Crippen LogP contribution in [0.25, 0.3) is 0 Å². The summed E-state index contributed by atoms with van der Waals surface area (Å²) in [5.74, 6) is -0.129. The van der Waals surface area contributed by atoms with E-state index in [2.05, 4.69) is 28.4 Å². The molecule has 3 heteroatoms. The van der Waals surface area contributed by atoms with Gasteiger partial charge in [-0.1, -0.05) is 36.4 Å². The van der Waals surface area contributed by atoms with Crippen molar-refractivity contribution in [2.45, 2.75) is 19.5 Å². The highest BCUT2D eigenvalue weighted by Gasteiger charge is 2.15. The predicted molar refractivity (Wildman–Crippen MR) is 80.2 cm³/mol. The van der Waals surface area contributed by atoms with Gasteiger partial charge in [-0.3, -0.25) is 4.90 Å². The molecule has 0 aromatic heterocycles. The van der Waals surface area contributed by atoms with E-state index in [1.807, 2.05) is 19.2 Å². The topological polar surface area (TPSA) is 15.3 Å². The molecule has 0 radical (unpaired) electrons. The number of hydrogen-bond donors (Lipinski definition) is 1. The van der Waals surface area contributed by atoms with Gasteiger partial charge in [0.05, 0.1) is 0 Å². The summed E-state index contributed by atoms with van der Waals surface area (Å²) in [6, 6.07) is 13.4. The van der Waals surface area contributed by atoms with Gasteiger partial charge in [-0.15, -0.1) is 0 Å².